The van der Waals surface area contributed by atoms with Gasteiger partial charge in [0.2, 0.25) is 0 Å². The number of carbonyl (C=O) groups is 1. The number of fused-ring (bicyclic) bond motifs is 1. The molecule has 1 amide bonds. The van der Waals surface area contributed by atoms with Crippen molar-refractivity contribution < 1.29 is 4.79 Å². The lowest BCUT2D eigenvalue weighted by Gasteiger charge is -2.34. The first-order valence-electron chi connectivity index (χ1n) is 9.17. The third kappa shape index (κ3) is 4.25. The van der Waals surface area contributed by atoms with Crippen molar-refractivity contribution in [2.45, 2.75) is 0 Å². The van der Waals surface area contributed by atoms with Gasteiger partial charge >= 0.3 is 0 Å². The van der Waals surface area contributed by atoms with Crippen molar-refractivity contribution in [3.63, 3.8) is 0 Å². The quantitative estimate of drug-likeness (QED) is 0.654. The van der Waals surface area contributed by atoms with Crippen LogP contribution in [0.15, 0.2) is 42.5 Å². The van der Waals surface area contributed by atoms with Crippen molar-refractivity contribution in [2.24, 2.45) is 0 Å². The zero-order chi connectivity index (χ0) is 19.5. The second-order valence-electron chi connectivity index (χ2n) is 6.65. The Bertz CT molecular complexity index is 985. The normalized spacial score (nSPS) is 15.1. The van der Waals surface area contributed by atoms with E-state index in [2.05, 4.69) is 21.2 Å². The first-order valence-corrected chi connectivity index (χ1v) is 10.7. The summed E-state index contributed by atoms with van der Waals surface area (Å²) < 4.78 is 1.12. The molecule has 0 atom stereocenters. The van der Waals surface area contributed by atoms with Crippen LogP contribution in [0, 0.1) is 0 Å². The van der Waals surface area contributed by atoms with Crippen LogP contribution in [-0.4, -0.2) is 55.1 Å². The molecule has 0 aliphatic carbocycles. The molecule has 1 N–H and O–H groups in total. The summed E-state index contributed by atoms with van der Waals surface area (Å²) in [5.74, 6) is -0.129. The Hall–Kier alpha value is -1.86. The summed E-state index contributed by atoms with van der Waals surface area (Å²) in [6, 6.07) is 13.0. The smallest absolute Gasteiger partial charge is 0.252 e. The van der Waals surface area contributed by atoms with Gasteiger partial charge in [0.15, 0.2) is 5.13 Å². The molecular formula is C20H20Cl2N4OS. The van der Waals surface area contributed by atoms with Crippen molar-refractivity contribution in [3.8, 4) is 0 Å². The van der Waals surface area contributed by atoms with Gasteiger partial charge in [-0.15, -0.1) is 0 Å². The highest BCUT2D eigenvalue weighted by Gasteiger charge is 2.20. The second kappa shape index (κ2) is 8.66. The maximum absolute atomic E-state index is 12.2. The van der Waals surface area contributed by atoms with Gasteiger partial charge in [0.05, 0.1) is 20.3 Å². The Labute approximate surface area is 177 Å². The molecule has 146 valence electrons. The van der Waals surface area contributed by atoms with Crippen LogP contribution in [0.4, 0.5) is 5.13 Å². The lowest BCUT2D eigenvalue weighted by molar-refractivity contribution is 0.0948. The molecule has 0 bridgehead atoms. The van der Waals surface area contributed by atoms with E-state index >= 15 is 0 Å². The molecule has 0 saturated carbocycles. The molecule has 5 nitrogen and oxygen atoms in total. The SMILES string of the molecule is O=C(NCCN1CCN(c2nc3c(Cl)cccc3s2)CC1)c1ccccc1Cl. The molecule has 2 aromatic carbocycles. The number of rotatable bonds is 5. The van der Waals surface area contributed by atoms with Gasteiger partial charge in [-0.05, 0) is 24.3 Å². The highest BCUT2D eigenvalue weighted by molar-refractivity contribution is 7.22. The number of para-hydroxylation sites is 1. The molecule has 28 heavy (non-hydrogen) atoms. The van der Waals surface area contributed by atoms with Gasteiger partial charge < -0.3 is 10.2 Å². The van der Waals surface area contributed by atoms with Gasteiger partial charge in [-0.3, -0.25) is 9.69 Å². The summed E-state index contributed by atoms with van der Waals surface area (Å²) >= 11 is 14.0. The lowest BCUT2D eigenvalue weighted by Crippen LogP contribution is -2.48. The average molecular weight is 435 g/mol. The minimum atomic E-state index is -0.129. The summed E-state index contributed by atoms with van der Waals surface area (Å²) in [5, 5.41) is 5.15. The molecule has 4 rings (SSSR count). The van der Waals surface area contributed by atoms with Crippen molar-refractivity contribution >= 4 is 55.8 Å². The molecule has 0 unspecified atom stereocenters. The number of piperazine rings is 1. The van der Waals surface area contributed by atoms with E-state index in [1.54, 1.807) is 23.5 Å². The molecule has 3 aromatic rings. The molecule has 1 saturated heterocycles. The zero-order valence-corrected chi connectivity index (χ0v) is 17.5. The zero-order valence-electron chi connectivity index (χ0n) is 15.2. The largest absolute Gasteiger partial charge is 0.351 e. The first-order chi connectivity index (χ1) is 13.6. The summed E-state index contributed by atoms with van der Waals surface area (Å²) in [5.41, 5.74) is 1.40. The van der Waals surface area contributed by atoms with Gasteiger partial charge in [0.25, 0.3) is 5.91 Å². The number of amides is 1. The number of hydrogen-bond acceptors (Lipinski definition) is 5. The molecular weight excluding hydrogens is 415 g/mol. The van der Waals surface area contributed by atoms with Gasteiger partial charge in [-0.1, -0.05) is 52.7 Å². The maximum atomic E-state index is 12.2. The fourth-order valence-electron chi connectivity index (χ4n) is 3.27. The van der Waals surface area contributed by atoms with Crippen molar-refractivity contribution in [3.05, 3.63) is 58.1 Å². The molecule has 0 radical (unpaired) electrons. The number of halogens is 2. The molecule has 1 aromatic heterocycles. The predicted octanol–water partition coefficient (Wildman–Crippen LogP) is 4.16. The minimum Gasteiger partial charge on any atom is -0.351 e. The van der Waals surface area contributed by atoms with Crippen LogP contribution in [0.25, 0.3) is 10.2 Å². The molecule has 2 heterocycles. The Morgan fingerprint density at radius 1 is 1.04 bits per heavy atom. The molecule has 8 heteroatoms. The summed E-state index contributed by atoms with van der Waals surface area (Å²) in [6.07, 6.45) is 0. The predicted molar refractivity (Wildman–Crippen MR) is 117 cm³/mol. The van der Waals surface area contributed by atoms with Crippen molar-refractivity contribution in [1.82, 2.24) is 15.2 Å². The average Bonchev–Trinajstić information content (AvgIpc) is 3.14. The number of anilines is 1. The van der Waals surface area contributed by atoms with E-state index in [-0.39, 0.29) is 5.91 Å². The molecule has 0 spiro atoms. The minimum absolute atomic E-state index is 0.129. The highest BCUT2D eigenvalue weighted by atomic mass is 35.5. The second-order valence-corrected chi connectivity index (χ2v) is 8.47. The van der Waals surface area contributed by atoms with Crippen LogP contribution in [0.1, 0.15) is 10.4 Å². The van der Waals surface area contributed by atoms with E-state index in [4.69, 9.17) is 28.2 Å². The fourth-order valence-corrected chi connectivity index (χ4v) is 4.81. The number of carbonyl (C=O) groups excluding carboxylic acids is 1. The van der Waals surface area contributed by atoms with Crippen LogP contribution in [-0.2, 0) is 0 Å². The van der Waals surface area contributed by atoms with Gasteiger partial charge in [0, 0.05) is 39.3 Å². The summed E-state index contributed by atoms with van der Waals surface area (Å²) in [7, 11) is 0. The van der Waals surface area contributed by atoms with E-state index in [9.17, 15) is 4.79 Å². The first kappa shape index (κ1) is 19.5. The van der Waals surface area contributed by atoms with Crippen molar-refractivity contribution in [2.75, 3.05) is 44.2 Å². The Balaban J connectivity index is 1.27. The summed E-state index contributed by atoms with van der Waals surface area (Å²) in [4.78, 5) is 21.6. The number of nitrogens with zero attached hydrogens (tertiary/aromatic N) is 3. The van der Waals surface area contributed by atoms with Crippen LogP contribution in [0.3, 0.4) is 0 Å². The number of hydrogen-bond donors (Lipinski definition) is 1. The molecule has 1 aliphatic heterocycles. The van der Waals surface area contributed by atoms with E-state index in [1.165, 1.54) is 0 Å². The fraction of sp³-hybridized carbons (Fsp3) is 0.300. The van der Waals surface area contributed by atoms with E-state index in [0.717, 1.165) is 48.1 Å². The van der Waals surface area contributed by atoms with Crippen LogP contribution in [0.5, 0.6) is 0 Å². The van der Waals surface area contributed by atoms with Crippen molar-refractivity contribution in [1.29, 1.82) is 0 Å². The van der Waals surface area contributed by atoms with Crippen LogP contribution in [0.2, 0.25) is 10.0 Å². The Kier molecular flexibility index (Phi) is 6.01. The number of benzene rings is 2. The third-order valence-corrected chi connectivity index (χ3v) is 6.55. The standard InChI is InChI=1S/C20H20Cl2N4OS/c21-15-5-2-1-4-14(15)19(27)23-8-9-25-10-12-26(13-11-25)20-24-18-16(22)6-3-7-17(18)28-20/h1-7H,8-13H2,(H,23,27). The maximum Gasteiger partial charge on any atom is 0.252 e. The highest BCUT2D eigenvalue weighted by Crippen LogP contribution is 2.33. The van der Waals surface area contributed by atoms with Crippen LogP contribution < -0.4 is 10.2 Å². The summed E-state index contributed by atoms with van der Waals surface area (Å²) in [6.45, 7) is 5.11. The van der Waals surface area contributed by atoms with E-state index in [0.29, 0.717) is 22.2 Å². The lowest BCUT2D eigenvalue weighted by atomic mass is 10.2. The molecule has 1 aliphatic rings. The number of nitrogens with one attached hydrogen (secondary N) is 1. The number of aromatic nitrogens is 1. The van der Waals surface area contributed by atoms with E-state index < -0.39 is 0 Å². The third-order valence-electron chi connectivity index (χ3n) is 4.83. The van der Waals surface area contributed by atoms with Gasteiger partial charge in [0.1, 0.15) is 5.52 Å². The Morgan fingerprint density at radius 2 is 1.79 bits per heavy atom. The topological polar surface area (TPSA) is 48.5 Å². The number of thiazole rings is 1. The Morgan fingerprint density at radius 3 is 2.54 bits per heavy atom. The monoisotopic (exact) mass is 434 g/mol. The van der Waals surface area contributed by atoms with Gasteiger partial charge in [-0.2, -0.15) is 0 Å². The van der Waals surface area contributed by atoms with Gasteiger partial charge in [-0.25, -0.2) is 4.98 Å². The van der Waals surface area contributed by atoms with E-state index in [1.807, 2.05) is 24.3 Å². The van der Waals surface area contributed by atoms with Crippen LogP contribution >= 0.6 is 34.5 Å². The molecule has 1 fully saturated rings.